The van der Waals surface area contributed by atoms with E-state index < -0.39 is 11.7 Å². The number of rotatable bonds is 5. The standard InChI is InChI=1S/C17H25F3N4O.3ClH/c1-12(21)9-16(25)22-11-13-10-14(17(18,19)20)3-4-15(13)24-7-5-23(2)6-8-24;;;/h3-4,10,12H,5-9,11,21H2,1-2H3,(H,22,25);3*1H. The molecule has 1 unspecified atom stereocenters. The molecule has 5 nitrogen and oxygen atoms in total. The molecule has 1 fully saturated rings. The van der Waals surface area contributed by atoms with E-state index in [0.29, 0.717) is 5.56 Å². The van der Waals surface area contributed by atoms with E-state index in [0.717, 1.165) is 44.0 Å². The second kappa shape index (κ2) is 12.6. The highest BCUT2D eigenvalue weighted by molar-refractivity contribution is 5.86. The minimum Gasteiger partial charge on any atom is -0.369 e. The molecule has 0 spiro atoms. The number of nitrogens with two attached hydrogens (primary N) is 1. The van der Waals surface area contributed by atoms with Crippen molar-refractivity contribution in [1.29, 1.82) is 0 Å². The Balaban J connectivity index is 0. The number of hydrogen-bond acceptors (Lipinski definition) is 4. The number of nitrogens with zero attached hydrogens (tertiary/aromatic N) is 2. The number of piperazine rings is 1. The molecule has 1 aliphatic heterocycles. The van der Waals surface area contributed by atoms with Crippen LogP contribution >= 0.6 is 37.2 Å². The van der Waals surface area contributed by atoms with Crippen LogP contribution < -0.4 is 16.0 Å². The summed E-state index contributed by atoms with van der Waals surface area (Å²) in [5.74, 6) is -0.267. The summed E-state index contributed by atoms with van der Waals surface area (Å²) in [6, 6.07) is 3.43. The summed E-state index contributed by atoms with van der Waals surface area (Å²) in [5.41, 5.74) is 6.08. The van der Waals surface area contributed by atoms with Crippen molar-refractivity contribution < 1.29 is 18.0 Å². The van der Waals surface area contributed by atoms with Crippen LogP contribution in [0.5, 0.6) is 0 Å². The van der Waals surface area contributed by atoms with Crippen molar-refractivity contribution in [3.63, 3.8) is 0 Å². The fraction of sp³-hybridized carbons (Fsp3) is 0.588. The molecule has 0 saturated carbocycles. The zero-order valence-electron chi connectivity index (χ0n) is 15.8. The number of likely N-dealkylation sites (N-methyl/N-ethyl adjacent to an activating group) is 1. The van der Waals surface area contributed by atoms with Crippen LogP contribution in [0.2, 0.25) is 0 Å². The number of nitrogens with one attached hydrogen (secondary N) is 1. The van der Waals surface area contributed by atoms with E-state index in [-0.39, 0.29) is 62.1 Å². The Labute approximate surface area is 182 Å². The molecule has 1 aliphatic rings. The monoisotopic (exact) mass is 466 g/mol. The Hall–Kier alpha value is -0.930. The van der Waals surface area contributed by atoms with Crippen LogP contribution in [0.25, 0.3) is 0 Å². The molecule has 1 atom stereocenters. The Morgan fingerprint density at radius 3 is 2.25 bits per heavy atom. The van der Waals surface area contributed by atoms with Crippen molar-refractivity contribution in [3.8, 4) is 0 Å². The highest BCUT2D eigenvalue weighted by Gasteiger charge is 2.31. The molecule has 0 aliphatic carbocycles. The molecular formula is C17H28Cl3F3N4O. The van der Waals surface area contributed by atoms with Crippen LogP contribution in [0, 0.1) is 0 Å². The third-order valence-corrected chi connectivity index (χ3v) is 4.23. The molecular weight excluding hydrogens is 440 g/mol. The van der Waals surface area contributed by atoms with Gasteiger partial charge in [-0.15, -0.1) is 37.2 Å². The summed E-state index contributed by atoms with van der Waals surface area (Å²) < 4.78 is 39.1. The first kappa shape index (κ1) is 29.3. The van der Waals surface area contributed by atoms with Gasteiger partial charge in [0.25, 0.3) is 0 Å². The molecule has 1 aromatic carbocycles. The van der Waals surface area contributed by atoms with E-state index in [2.05, 4.69) is 15.1 Å². The first-order valence-corrected chi connectivity index (χ1v) is 8.32. The van der Waals surface area contributed by atoms with E-state index >= 15 is 0 Å². The molecule has 28 heavy (non-hydrogen) atoms. The van der Waals surface area contributed by atoms with Gasteiger partial charge in [-0.1, -0.05) is 0 Å². The van der Waals surface area contributed by atoms with Gasteiger partial charge in [0.15, 0.2) is 0 Å². The number of hydrogen-bond donors (Lipinski definition) is 2. The van der Waals surface area contributed by atoms with E-state index in [1.54, 1.807) is 6.92 Å². The van der Waals surface area contributed by atoms with Crippen LogP contribution in [0.1, 0.15) is 24.5 Å². The summed E-state index contributed by atoms with van der Waals surface area (Å²) in [4.78, 5) is 16.0. The first-order valence-electron chi connectivity index (χ1n) is 8.32. The van der Waals surface area contributed by atoms with Crippen molar-refractivity contribution in [1.82, 2.24) is 10.2 Å². The average Bonchev–Trinajstić information content (AvgIpc) is 2.52. The number of halogens is 6. The van der Waals surface area contributed by atoms with E-state index in [4.69, 9.17) is 5.73 Å². The number of carbonyl (C=O) groups excluding carboxylic acids is 1. The maximum Gasteiger partial charge on any atom is 0.416 e. The molecule has 11 heteroatoms. The highest BCUT2D eigenvalue weighted by atomic mass is 35.5. The fourth-order valence-corrected chi connectivity index (χ4v) is 2.82. The Bertz CT molecular complexity index is 610. The maximum atomic E-state index is 13.0. The summed E-state index contributed by atoms with van der Waals surface area (Å²) >= 11 is 0. The predicted molar refractivity (Wildman–Crippen MR) is 113 cm³/mol. The minimum atomic E-state index is -4.41. The normalized spacial score (nSPS) is 15.6. The Morgan fingerprint density at radius 1 is 1.18 bits per heavy atom. The van der Waals surface area contributed by atoms with E-state index in [9.17, 15) is 18.0 Å². The van der Waals surface area contributed by atoms with Crippen LogP contribution in [0.4, 0.5) is 18.9 Å². The number of carbonyl (C=O) groups is 1. The highest BCUT2D eigenvalue weighted by Crippen LogP contribution is 2.33. The van der Waals surface area contributed by atoms with Crippen molar-refractivity contribution in [2.45, 2.75) is 32.1 Å². The van der Waals surface area contributed by atoms with Crippen molar-refractivity contribution in [3.05, 3.63) is 29.3 Å². The molecule has 1 aromatic rings. The van der Waals surface area contributed by atoms with Crippen molar-refractivity contribution in [2.75, 3.05) is 38.1 Å². The lowest BCUT2D eigenvalue weighted by molar-refractivity contribution is -0.137. The molecule has 1 heterocycles. The van der Waals surface area contributed by atoms with Gasteiger partial charge in [0.05, 0.1) is 5.56 Å². The molecule has 0 aromatic heterocycles. The predicted octanol–water partition coefficient (Wildman–Crippen LogP) is 3.08. The van der Waals surface area contributed by atoms with Gasteiger partial charge in [0, 0.05) is 50.9 Å². The van der Waals surface area contributed by atoms with Gasteiger partial charge in [-0.2, -0.15) is 13.2 Å². The molecule has 164 valence electrons. The van der Waals surface area contributed by atoms with Gasteiger partial charge in [-0.25, -0.2) is 0 Å². The van der Waals surface area contributed by atoms with Gasteiger partial charge in [-0.05, 0) is 37.7 Å². The Morgan fingerprint density at radius 2 is 1.75 bits per heavy atom. The van der Waals surface area contributed by atoms with Gasteiger partial charge in [-0.3, -0.25) is 4.79 Å². The van der Waals surface area contributed by atoms with Gasteiger partial charge in [0.2, 0.25) is 5.91 Å². The molecule has 2 rings (SSSR count). The average molecular weight is 468 g/mol. The number of amides is 1. The quantitative estimate of drug-likeness (QED) is 0.699. The van der Waals surface area contributed by atoms with Crippen molar-refractivity contribution >= 4 is 48.8 Å². The second-order valence-electron chi connectivity index (χ2n) is 6.59. The summed E-state index contributed by atoms with van der Waals surface area (Å²) in [5, 5.41) is 2.67. The molecule has 0 bridgehead atoms. The summed E-state index contributed by atoms with van der Waals surface area (Å²) in [6.45, 7) is 4.93. The van der Waals surface area contributed by atoms with Gasteiger partial charge >= 0.3 is 6.18 Å². The van der Waals surface area contributed by atoms with Gasteiger partial charge in [0.1, 0.15) is 0 Å². The lowest BCUT2D eigenvalue weighted by Gasteiger charge is -2.35. The topological polar surface area (TPSA) is 61.6 Å². The lowest BCUT2D eigenvalue weighted by atomic mass is 10.1. The SMILES string of the molecule is CC(N)CC(=O)NCc1cc(C(F)(F)F)ccc1N1CCN(C)CC1.Cl.Cl.Cl. The zero-order valence-corrected chi connectivity index (χ0v) is 18.2. The van der Waals surface area contributed by atoms with Crippen LogP contribution in [-0.2, 0) is 17.5 Å². The number of benzene rings is 1. The van der Waals surface area contributed by atoms with Crippen LogP contribution in [0.15, 0.2) is 18.2 Å². The van der Waals surface area contributed by atoms with Gasteiger partial charge < -0.3 is 20.9 Å². The molecule has 3 N–H and O–H groups in total. The molecule has 1 amide bonds. The lowest BCUT2D eigenvalue weighted by Crippen LogP contribution is -2.45. The molecule has 0 radical (unpaired) electrons. The smallest absolute Gasteiger partial charge is 0.369 e. The third kappa shape index (κ3) is 8.61. The maximum absolute atomic E-state index is 13.0. The first-order chi connectivity index (χ1) is 11.7. The second-order valence-corrected chi connectivity index (χ2v) is 6.59. The van der Waals surface area contributed by atoms with E-state index in [1.807, 2.05) is 7.05 Å². The minimum absolute atomic E-state index is 0. The number of anilines is 1. The zero-order chi connectivity index (χ0) is 18.6. The van der Waals surface area contributed by atoms with E-state index in [1.165, 1.54) is 6.07 Å². The largest absolute Gasteiger partial charge is 0.416 e. The fourth-order valence-electron chi connectivity index (χ4n) is 2.82. The third-order valence-electron chi connectivity index (χ3n) is 4.23. The van der Waals surface area contributed by atoms with Crippen LogP contribution in [-0.4, -0.2) is 50.1 Å². The number of alkyl halides is 3. The summed E-state index contributed by atoms with van der Waals surface area (Å²) in [7, 11) is 2.01. The Kier molecular flexibility index (Phi) is 13.2. The summed E-state index contributed by atoms with van der Waals surface area (Å²) in [6.07, 6.45) is -4.27. The van der Waals surface area contributed by atoms with Crippen molar-refractivity contribution in [2.24, 2.45) is 5.73 Å². The molecule has 1 saturated heterocycles. The van der Waals surface area contributed by atoms with Crippen LogP contribution in [0.3, 0.4) is 0 Å².